The van der Waals surface area contributed by atoms with Crippen LogP contribution in [0.1, 0.15) is 0 Å². The number of furan rings is 1. The molecule has 3 aromatic heterocycles. The third-order valence-corrected chi connectivity index (χ3v) is 11.7. The molecule has 9 aromatic carbocycles. The molecule has 12 aromatic rings. The summed E-state index contributed by atoms with van der Waals surface area (Å²) >= 11 is 0. The van der Waals surface area contributed by atoms with Gasteiger partial charge in [0.15, 0.2) is 0 Å². The van der Waals surface area contributed by atoms with E-state index in [2.05, 4.69) is 203 Å². The maximum Gasteiger partial charge on any atom is 0.135 e. The Hall–Kier alpha value is -7.62. The molecule has 3 nitrogen and oxygen atoms in total. The first-order valence-electron chi connectivity index (χ1n) is 19.5. The molecule has 0 radical (unpaired) electrons. The number of nitrogens with zero attached hydrogens (tertiary/aromatic N) is 2. The van der Waals surface area contributed by atoms with Crippen molar-refractivity contribution in [2.45, 2.75) is 0 Å². The third kappa shape index (κ3) is 4.99. The summed E-state index contributed by atoms with van der Waals surface area (Å²) in [6, 6.07) is 74.6. The zero-order valence-corrected chi connectivity index (χ0v) is 30.9. The second-order valence-electron chi connectivity index (χ2n) is 14.9. The molecule has 3 heteroatoms. The van der Waals surface area contributed by atoms with Crippen molar-refractivity contribution in [2.24, 2.45) is 0 Å². The van der Waals surface area contributed by atoms with Gasteiger partial charge in [0.25, 0.3) is 0 Å². The van der Waals surface area contributed by atoms with Gasteiger partial charge in [0.1, 0.15) is 11.2 Å². The summed E-state index contributed by atoms with van der Waals surface area (Å²) in [5.41, 5.74) is 16.1. The van der Waals surface area contributed by atoms with Crippen LogP contribution in [0.2, 0.25) is 0 Å². The zero-order valence-electron chi connectivity index (χ0n) is 30.9. The molecule has 266 valence electrons. The number of aromatic nitrogens is 2. The molecule has 0 atom stereocenters. The van der Waals surface area contributed by atoms with Gasteiger partial charge in [0.2, 0.25) is 0 Å². The second-order valence-corrected chi connectivity index (χ2v) is 14.9. The summed E-state index contributed by atoms with van der Waals surface area (Å²) in [5, 5.41) is 7.25. The first-order valence-corrected chi connectivity index (χ1v) is 19.5. The Morgan fingerprint density at radius 2 is 0.702 bits per heavy atom. The van der Waals surface area contributed by atoms with Gasteiger partial charge in [-0.3, -0.25) is 0 Å². The predicted molar refractivity (Wildman–Crippen MR) is 239 cm³/mol. The van der Waals surface area contributed by atoms with E-state index in [1.807, 2.05) is 12.1 Å². The first kappa shape index (κ1) is 31.7. The lowest BCUT2D eigenvalue weighted by Crippen LogP contribution is -1.93. The largest absolute Gasteiger partial charge is 0.456 e. The molecule has 0 amide bonds. The smallest absolute Gasteiger partial charge is 0.135 e. The van der Waals surface area contributed by atoms with Crippen molar-refractivity contribution in [3.05, 3.63) is 206 Å². The number of para-hydroxylation sites is 4. The fraction of sp³-hybridized carbons (Fsp3) is 0. The lowest BCUT2D eigenvalue weighted by atomic mass is 9.95. The van der Waals surface area contributed by atoms with Crippen LogP contribution in [0.3, 0.4) is 0 Å². The molecule has 0 aliphatic carbocycles. The summed E-state index contributed by atoms with van der Waals surface area (Å²) in [6.07, 6.45) is 0. The Morgan fingerprint density at radius 1 is 0.246 bits per heavy atom. The molecule has 57 heavy (non-hydrogen) atoms. The van der Waals surface area contributed by atoms with Crippen molar-refractivity contribution in [1.82, 2.24) is 9.13 Å². The minimum atomic E-state index is 0.904. The minimum Gasteiger partial charge on any atom is -0.456 e. The monoisotopic (exact) mass is 726 g/mol. The van der Waals surface area contributed by atoms with E-state index in [4.69, 9.17) is 4.42 Å². The zero-order chi connectivity index (χ0) is 37.5. The summed E-state index contributed by atoms with van der Waals surface area (Å²) in [5.74, 6) is 0. The highest BCUT2D eigenvalue weighted by atomic mass is 16.3. The van der Waals surface area contributed by atoms with Gasteiger partial charge in [0.05, 0.1) is 22.1 Å². The van der Waals surface area contributed by atoms with Crippen LogP contribution in [0.5, 0.6) is 0 Å². The Kier molecular flexibility index (Phi) is 6.93. The number of fused-ring (bicyclic) bond motifs is 9. The number of rotatable bonds is 5. The maximum absolute atomic E-state index is 6.17. The van der Waals surface area contributed by atoms with Crippen LogP contribution >= 0.6 is 0 Å². The van der Waals surface area contributed by atoms with E-state index in [1.165, 1.54) is 82.7 Å². The van der Waals surface area contributed by atoms with Crippen LogP contribution in [0.25, 0.3) is 110 Å². The van der Waals surface area contributed by atoms with Gasteiger partial charge in [-0.1, -0.05) is 121 Å². The van der Waals surface area contributed by atoms with Crippen molar-refractivity contribution in [2.75, 3.05) is 0 Å². The quantitative estimate of drug-likeness (QED) is 0.173. The van der Waals surface area contributed by atoms with Crippen molar-refractivity contribution in [1.29, 1.82) is 0 Å². The molecule has 0 saturated carbocycles. The Balaban J connectivity index is 0.931. The molecule has 3 heterocycles. The fourth-order valence-corrected chi connectivity index (χ4v) is 9.05. The summed E-state index contributed by atoms with van der Waals surface area (Å²) in [6.45, 7) is 0. The summed E-state index contributed by atoms with van der Waals surface area (Å²) in [7, 11) is 0. The van der Waals surface area contributed by atoms with E-state index < -0.39 is 0 Å². The molecular weight excluding hydrogens is 693 g/mol. The third-order valence-electron chi connectivity index (χ3n) is 11.7. The van der Waals surface area contributed by atoms with Crippen LogP contribution in [-0.2, 0) is 0 Å². The molecule has 0 bridgehead atoms. The number of hydrogen-bond acceptors (Lipinski definition) is 1. The van der Waals surface area contributed by atoms with Gasteiger partial charge in [-0.05, 0) is 118 Å². The van der Waals surface area contributed by atoms with E-state index in [0.29, 0.717) is 0 Å². The normalized spacial score (nSPS) is 11.9. The molecule has 0 unspecified atom stereocenters. The molecule has 0 fully saturated rings. The van der Waals surface area contributed by atoms with Crippen molar-refractivity contribution >= 4 is 65.6 Å². The summed E-state index contributed by atoms with van der Waals surface area (Å²) < 4.78 is 10.9. The molecule has 0 saturated heterocycles. The molecule has 0 aliphatic heterocycles. The maximum atomic E-state index is 6.17. The van der Waals surface area contributed by atoms with Crippen LogP contribution in [-0.4, -0.2) is 9.13 Å². The van der Waals surface area contributed by atoms with Crippen LogP contribution in [0.15, 0.2) is 211 Å². The number of hydrogen-bond donors (Lipinski definition) is 0. The van der Waals surface area contributed by atoms with E-state index in [1.54, 1.807) is 0 Å². The first-order chi connectivity index (χ1) is 28.2. The van der Waals surface area contributed by atoms with Crippen LogP contribution in [0, 0.1) is 0 Å². The molecule has 0 spiro atoms. The Bertz CT molecular complexity index is 3530. The SMILES string of the molecule is c1ccc(-n2c3ccccc3c3cc(-c4cccc(-c5cccc(-c6ccc7c(c6)c6ccccc6n7-c6ccc7oc8ccccc8c7c6)c5)c4)ccc32)cc1. The predicted octanol–water partition coefficient (Wildman–Crippen LogP) is 14.8. The molecule has 0 N–H and O–H groups in total. The van der Waals surface area contributed by atoms with Gasteiger partial charge in [0, 0.05) is 43.7 Å². The van der Waals surface area contributed by atoms with E-state index in [0.717, 1.165) is 27.6 Å². The van der Waals surface area contributed by atoms with E-state index in [-0.39, 0.29) is 0 Å². The van der Waals surface area contributed by atoms with Crippen molar-refractivity contribution < 1.29 is 4.42 Å². The van der Waals surface area contributed by atoms with Gasteiger partial charge in [-0.15, -0.1) is 0 Å². The molecule has 12 rings (SSSR count). The Labute approximate surface area is 328 Å². The average Bonchev–Trinajstić information content (AvgIpc) is 3.94. The fourth-order valence-electron chi connectivity index (χ4n) is 9.05. The van der Waals surface area contributed by atoms with Gasteiger partial charge in [-0.2, -0.15) is 0 Å². The summed E-state index contributed by atoms with van der Waals surface area (Å²) in [4.78, 5) is 0. The lowest BCUT2D eigenvalue weighted by Gasteiger charge is -2.11. The van der Waals surface area contributed by atoms with Crippen LogP contribution in [0.4, 0.5) is 0 Å². The van der Waals surface area contributed by atoms with E-state index >= 15 is 0 Å². The molecular formula is C54H34N2O. The van der Waals surface area contributed by atoms with Gasteiger partial charge < -0.3 is 13.6 Å². The highest BCUT2D eigenvalue weighted by molar-refractivity contribution is 6.12. The van der Waals surface area contributed by atoms with E-state index in [9.17, 15) is 0 Å². The van der Waals surface area contributed by atoms with Gasteiger partial charge >= 0.3 is 0 Å². The number of benzene rings is 9. The van der Waals surface area contributed by atoms with Crippen molar-refractivity contribution in [3.8, 4) is 44.8 Å². The molecule has 0 aliphatic rings. The van der Waals surface area contributed by atoms with Crippen molar-refractivity contribution in [3.63, 3.8) is 0 Å². The highest BCUT2D eigenvalue weighted by Gasteiger charge is 2.17. The topological polar surface area (TPSA) is 23.0 Å². The second kappa shape index (κ2) is 12.5. The Morgan fingerprint density at radius 3 is 1.30 bits per heavy atom. The lowest BCUT2D eigenvalue weighted by molar-refractivity contribution is 0.669. The minimum absolute atomic E-state index is 0.904. The highest BCUT2D eigenvalue weighted by Crippen LogP contribution is 2.39. The van der Waals surface area contributed by atoms with Gasteiger partial charge in [-0.25, -0.2) is 0 Å². The van der Waals surface area contributed by atoms with Crippen LogP contribution < -0.4 is 0 Å². The average molecular weight is 727 g/mol. The standard InChI is InChI=1S/C54H34N2O/c1-2-16-41(17-3-1)55-49-21-7-4-18-43(49)46-32-39(24-27-51(46)55)37-14-10-12-35(30-37)36-13-11-15-38(31-36)40-25-28-52-47(33-40)44-19-5-8-22-50(44)56(52)42-26-29-54-48(34-42)45-20-6-9-23-53(45)57-54/h1-34H.